The highest BCUT2D eigenvalue weighted by Gasteiger charge is 2.30. The van der Waals surface area contributed by atoms with Crippen LogP contribution in [0.15, 0.2) is 18.2 Å². The monoisotopic (exact) mass is 496 g/mol. The van der Waals surface area contributed by atoms with Crippen molar-refractivity contribution < 1.29 is 33.8 Å². The molecule has 0 spiro atoms. The summed E-state index contributed by atoms with van der Waals surface area (Å²) in [6.45, 7) is 7.48. The van der Waals surface area contributed by atoms with Gasteiger partial charge in [0.05, 0.1) is 38.9 Å². The molecule has 1 aromatic rings. The zero-order valence-electron chi connectivity index (χ0n) is 20.7. The smallest absolute Gasteiger partial charge is 0.305 e. The maximum absolute atomic E-state index is 13.0. The Labute approximate surface area is 205 Å². The average molecular weight is 497 g/mol. The first-order valence-electron chi connectivity index (χ1n) is 11.2. The minimum absolute atomic E-state index is 0.0557. The average Bonchev–Trinajstić information content (AvgIpc) is 2.79. The molecule has 0 bridgehead atoms. The normalized spacial score (nSPS) is 13.5. The van der Waals surface area contributed by atoms with E-state index in [1.165, 1.54) is 26.0 Å². The van der Waals surface area contributed by atoms with E-state index >= 15 is 0 Å². The van der Waals surface area contributed by atoms with Crippen molar-refractivity contribution in [2.45, 2.75) is 64.3 Å². The number of benzene rings is 1. The second-order valence-electron chi connectivity index (χ2n) is 8.30. The van der Waals surface area contributed by atoms with Gasteiger partial charge in [0.15, 0.2) is 5.78 Å². The van der Waals surface area contributed by atoms with Crippen molar-refractivity contribution in [1.29, 1.82) is 0 Å². The fourth-order valence-electron chi connectivity index (χ4n) is 3.08. The van der Waals surface area contributed by atoms with E-state index in [0.29, 0.717) is 17.1 Å². The quantitative estimate of drug-likeness (QED) is 0.337. The van der Waals surface area contributed by atoms with E-state index in [2.05, 4.69) is 10.6 Å². The molecule has 0 saturated carbocycles. The highest BCUT2D eigenvalue weighted by Crippen LogP contribution is 2.24. The molecular weight excluding hydrogens is 460 g/mol. The molecule has 0 aliphatic heterocycles. The van der Waals surface area contributed by atoms with Crippen LogP contribution in [0.3, 0.4) is 0 Å². The Hall–Kier alpha value is -2.75. The van der Waals surface area contributed by atoms with Gasteiger partial charge in [-0.2, -0.15) is 11.8 Å². The molecule has 0 aromatic heterocycles. The topological polar surface area (TPSA) is 131 Å². The number of amides is 2. The number of carboxylic acid groups (broad SMARTS) is 1. The Morgan fingerprint density at radius 1 is 1.06 bits per heavy atom. The van der Waals surface area contributed by atoms with Gasteiger partial charge in [-0.1, -0.05) is 27.7 Å². The molecule has 0 fully saturated rings. The third-order valence-corrected chi connectivity index (χ3v) is 6.63. The van der Waals surface area contributed by atoms with E-state index in [4.69, 9.17) is 9.47 Å². The Kier molecular flexibility index (Phi) is 12.5. The molecule has 34 heavy (non-hydrogen) atoms. The summed E-state index contributed by atoms with van der Waals surface area (Å²) < 4.78 is 10.5. The largest absolute Gasteiger partial charge is 0.497 e. The van der Waals surface area contributed by atoms with E-state index in [9.17, 15) is 24.3 Å². The molecule has 1 aromatic carbocycles. The molecule has 0 aliphatic rings. The number of hydrogen-bond donors (Lipinski definition) is 3. The van der Waals surface area contributed by atoms with Gasteiger partial charge in [0.2, 0.25) is 11.8 Å². The number of methoxy groups -OCH3 is 2. The van der Waals surface area contributed by atoms with E-state index in [-0.39, 0.29) is 29.1 Å². The number of hydrogen-bond acceptors (Lipinski definition) is 7. The van der Waals surface area contributed by atoms with Crippen LogP contribution < -0.4 is 20.1 Å². The van der Waals surface area contributed by atoms with Crippen molar-refractivity contribution in [3.63, 3.8) is 0 Å². The molecule has 10 heteroatoms. The van der Waals surface area contributed by atoms with Crippen LogP contribution in [-0.2, 0) is 25.6 Å². The Balaban J connectivity index is 2.92. The van der Waals surface area contributed by atoms with Crippen LogP contribution in [0.5, 0.6) is 11.5 Å². The fraction of sp³-hybridized carbons (Fsp3) is 0.583. The summed E-state index contributed by atoms with van der Waals surface area (Å²) in [5.41, 5.74) is 0.586. The van der Waals surface area contributed by atoms with Gasteiger partial charge in [-0.25, -0.2) is 0 Å². The Bertz CT molecular complexity index is 860. The lowest BCUT2D eigenvalue weighted by Crippen LogP contribution is -2.54. The molecule has 190 valence electrons. The van der Waals surface area contributed by atoms with Crippen molar-refractivity contribution in [2.75, 3.05) is 20.0 Å². The van der Waals surface area contributed by atoms with Gasteiger partial charge in [0, 0.05) is 10.8 Å². The van der Waals surface area contributed by atoms with Gasteiger partial charge >= 0.3 is 5.97 Å². The second kappa shape index (κ2) is 14.5. The molecule has 0 heterocycles. The maximum Gasteiger partial charge on any atom is 0.305 e. The molecule has 1 rings (SSSR count). The summed E-state index contributed by atoms with van der Waals surface area (Å²) >= 11 is 1.41. The lowest BCUT2D eigenvalue weighted by molar-refractivity contribution is -0.140. The number of aliphatic carboxylic acids is 1. The van der Waals surface area contributed by atoms with Crippen molar-refractivity contribution in [3.8, 4) is 11.5 Å². The van der Waals surface area contributed by atoms with Crippen LogP contribution in [-0.4, -0.2) is 66.0 Å². The summed E-state index contributed by atoms with van der Waals surface area (Å²) in [6, 6.07) is 2.96. The van der Waals surface area contributed by atoms with E-state index in [0.717, 1.165) is 6.42 Å². The first-order valence-corrected chi connectivity index (χ1v) is 12.2. The number of carbonyl (C=O) groups is 4. The summed E-state index contributed by atoms with van der Waals surface area (Å²) in [5.74, 6) is -1.71. The molecule has 0 aliphatic carbocycles. The number of carbonyl (C=O) groups excluding carboxylic acids is 3. The lowest BCUT2D eigenvalue weighted by Gasteiger charge is -2.25. The van der Waals surface area contributed by atoms with Gasteiger partial charge in [-0.05, 0) is 30.5 Å². The van der Waals surface area contributed by atoms with Crippen molar-refractivity contribution in [2.24, 2.45) is 5.92 Å². The number of carboxylic acids is 1. The van der Waals surface area contributed by atoms with Crippen LogP contribution in [0, 0.1) is 5.92 Å². The number of ether oxygens (including phenoxy) is 2. The van der Waals surface area contributed by atoms with Crippen LogP contribution in [0.25, 0.3) is 0 Å². The third-order valence-electron chi connectivity index (χ3n) is 5.27. The predicted octanol–water partition coefficient (Wildman–Crippen LogP) is 2.45. The Morgan fingerprint density at radius 3 is 2.26 bits per heavy atom. The molecule has 0 radical (unpaired) electrons. The molecule has 1 unspecified atom stereocenters. The summed E-state index contributed by atoms with van der Waals surface area (Å²) in [4.78, 5) is 49.6. The van der Waals surface area contributed by atoms with Crippen LogP contribution in [0.1, 0.15) is 46.1 Å². The SMILES string of the molecule is CCC(C)SCC(=O)[C@H](CC(=O)O)NC(=O)[C@@H](NC(=O)Cc1cc(OC)ccc1OC)C(C)C. The molecule has 3 atom stereocenters. The standard InChI is InChI=1S/C24H36N2O7S/c1-7-15(4)34-13-19(27)18(12-22(29)30)25-24(31)23(14(2)3)26-21(28)11-16-10-17(32-5)8-9-20(16)33-6/h8-10,14-15,18,23H,7,11-13H2,1-6H3,(H,25,31)(H,26,28)(H,29,30)/t15?,18-,23-/m0/s1. The van der Waals surface area contributed by atoms with Gasteiger partial charge < -0.3 is 25.2 Å². The van der Waals surface area contributed by atoms with Crippen LogP contribution >= 0.6 is 11.8 Å². The minimum Gasteiger partial charge on any atom is -0.497 e. The predicted molar refractivity (Wildman–Crippen MR) is 131 cm³/mol. The first-order chi connectivity index (χ1) is 16.0. The van der Waals surface area contributed by atoms with Crippen molar-refractivity contribution in [3.05, 3.63) is 23.8 Å². The Morgan fingerprint density at radius 2 is 1.74 bits per heavy atom. The zero-order chi connectivity index (χ0) is 25.8. The second-order valence-corrected chi connectivity index (χ2v) is 9.73. The molecule has 3 N–H and O–H groups in total. The molecule has 0 saturated heterocycles. The van der Waals surface area contributed by atoms with E-state index < -0.39 is 36.3 Å². The summed E-state index contributed by atoms with van der Waals surface area (Å²) in [5, 5.41) is 14.7. The first kappa shape index (κ1) is 29.3. The van der Waals surface area contributed by atoms with Gasteiger partial charge in [0.25, 0.3) is 0 Å². The van der Waals surface area contributed by atoms with Crippen molar-refractivity contribution >= 4 is 35.3 Å². The number of ketones is 1. The van der Waals surface area contributed by atoms with Gasteiger partial charge in [-0.15, -0.1) is 0 Å². The van der Waals surface area contributed by atoms with Gasteiger partial charge in [0.1, 0.15) is 17.5 Å². The third kappa shape index (κ3) is 9.62. The summed E-state index contributed by atoms with van der Waals surface area (Å²) in [7, 11) is 3.01. The molecular formula is C24H36N2O7S. The number of Topliss-reactive ketones (excluding diaryl/α,β-unsaturated/α-hetero) is 1. The van der Waals surface area contributed by atoms with Crippen LogP contribution in [0.2, 0.25) is 0 Å². The minimum atomic E-state index is -1.19. The molecule has 9 nitrogen and oxygen atoms in total. The number of nitrogens with one attached hydrogen (secondary N) is 2. The lowest BCUT2D eigenvalue weighted by atomic mass is 10.0. The summed E-state index contributed by atoms with van der Waals surface area (Å²) in [6.07, 6.45) is 0.290. The van der Waals surface area contributed by atoms with Crippen molar-refractivity contribution in [1.82, 2.24) is 10.6 Å². The van der Waals surface area contributed by atoms with E-state index in [1.807, 2.05) is 13.8 Å². The number of rotatable bonds is 15. The fourth-order valence-corrected chi connectivity index (χ4v) is 3.96. The highest BCUT2D eigenvalue weighted by atomic mass is 32.2. The number of thioether (sulfide) groups is 1. The zero-order valence-corrected chi connectivity index (χ0v) is 21.5. The maximum atomic E-state index is 13.0. The van der Waals surface area contributed by atoms with E-state index in [1.54, 1.807) is 32.0 Å². The highest BCUT2D eigenvalue weighted by molar-refractivity contribution is 8.00. The van der Waals surface area contributed by atoms with Crippen LogP contribution in [0.4, 0.5) is 0 Å². The molecule has 2 amide bonds. The van der Waals surface area contributed by atoms with Gasteiger partial charge in [-0.3, -0.25) is 19.2 Å².